The Morgan fingerprint density at radius 3 is 2.55 bits per heavy atom. The molecule has 1 aromatic rings. The number of aryl methyl sites for hydroxylation is 1. The first-order valence-corrected chi connectivity index (χ1v) is 13.3. The molecule has 2 aliphatic rings. The molecule has 3 rings (SSSR count). The molecule has 2 aliphatic heterocycles. The van der Waals surface area contributed by atoms with E-state index < -0.39 is 47.9 Å². The largest absolute Gasteiger partial charge is 0.382 e. The molecule has 0 aliphatic carbocycles. The maximum Gasteiger partial charge on any atom is 0.343 e. The van der Waals surface area contributed by atoms with Crippen LogP contribution in [0.15, 0.2) is 30.3 Å². The summed E-state index contributed by atoms with van der Waals surface area (Å²) in [5.74, 6) is -2.90. The quantitative estimate of drug-likeness (QED) is 0.247. The van der Waals surface area contributed by atoms with Gasteiger partial charge in [-0.2, -0.15) is 0 Å². The molecular weight excluding hydrogens is 492 g/mol. The van der Waals surface area contributed by atoms with Crippen LogP contribution in [-0.4, -0.2) is 61.4 Å². The van der Waals surface area contributed by atoms with Crippen molar-refractivity contribution in [3.05, 3.63) is 35.9 Å². The average Bonchev–Trinajstić information content (AvgIpc) is 3.17. The average molecular weight is 533 g/mol. The molecular formula is C27H40N4O7. The van der Waals surface area contributed by atoms with Gasteiger partial charge in [0.15, 0.2) is 12.3 Å². The number of benzene rings is 1. The van der Waals surface area contributed by atoms with E-state index in [2.05, 4.69) is 16.2 Å². The number of hydrazine groups is 1. The summed E-state index contributed by atoms with van der Waals surface area (Å²) < 4.78 is 10.6. The van der Waals surface area contributed by atoms with Gasteiger partial charge in [0, 0.05) is 20.1 Å². The van der Waals surface area contributed by atoms with E-state index in [4.69, 9.17) is 14.3 Å². The van der Waals surface area contributed by atoms with Gasteiger partial charge in [0.05, 0.1) is 18.4 Å². The number of nitrogens with zero attached hydrogens (tertiary/aromatic N) is 1. The van der Waals surface area contributed by atoms with Crippen molar-refractivity contribution < 1.29 is 33.5 Å². The fraction of sp³-hybridized carbons (Fsp3) is 0.630. The number of hydrogen-bond donors (Lipinski definition) is 3. The normalized spacial score (nSPS) is 21.2. The van der Waals surface area contributed by atoms with E-state index in [0.29, 0.717) is 32.3 Å². The molecule has 0 saturated carbocycles. The van der Waals surface area contributed by atoms with E-state index >= 15 is 0 Å². The first-order valence-electron chi connectivity index (χ1n) is 13.3. The molecule has 0 radical (unpaired) electrons. The lowest BCUT2D eigenvalue weighted by atomic mass is 9.81. The van der Waals surface area contributed by atoms with Gasteiger partial charge in [0.2, 0.25) is 11.8 Å². The molecule has 3 N–H and O–H groups in total. The molecule has 1 unspecified atom stereocenters. The molecule has 4 atom stereocenters. The van der Waals surface area contributed by atoms with Crippen LogP contribution in [0.3, 0.4) is 0 Å². The third-order valence-corrected chi connectivity index (χ3v) is 6.76. The van der Waals surface area contributed by atoms with Crippen molar-refractivity contribution >= 4 is 23.8 Å². The molecule has 11 nitrogen and oxygen atoms in total. The van der Waals surface area contributed by atoms with Crippen LogP contribution in [0.2, 0.25) is 0 Å². The monoisotopic (exact) mass is 532 g/mol. The van der Waals surface area contributed by atoms with Crippen LogP contribution >= 0.6 is 0 Å². The summed E-state index contributed by atoms with van der Waals surface area (Å²) in [7, 11) is 1.40. The molecule has 2 saturated heterocycles. The van der Waals surface area contributed by atoms with Crippen LogP contribution in [-0.2, 0) is 35.1 Å². The van der Waals surface area contributed by atoms with Gasteiger partial charge in [0.25, 0.3) is 5.91 Å². The highest BCUT2D eigenvalue weighted by Gasteiger charge is 2.42. The number of hydroxylamine groups is 1. The Balaban J connectivity index is 1.76. The summed E-state index contributed by atoms with van der Waals surface area (Å²) in [5.41, 5.74) is 6.26. The summed E-state index contributed by atoms with van der Waals surface area (Å²) in [5, 5.41) is 3.14. The highest BCUT2D eigenvalue weighted by atomic mass is 16.8. The van der Waals surface area contributed by atoms with Crippen molar-refractivity contribution in [2.75, 3.05) is 20.3 Å². The van der Waals surface area contributed by atoms with Gasteiger partial charge >= 0.3 is 6.03 Å². The van der Waals surface area contributed by atoms with E-state index in [0.717, 1.165) is 29.8 Å². The minimum absolute atomic E-state index is 0.0804. The Morgan fingerprint density at radius 2 is 1.89 bits per heavy atom. The molecule has 1 aromatic carbocycles. The molecule has 11 heteroatoms. The second-order valence-electron chi connectivity index (χ2n) is 10.2. The number of hydrogen-bond acceptors (Lipinski definition) is 7. The summed E-state index contributed by atoms with van der Waals surface area (Å²) in [6.45, 7) is 4.42. The SMILES string of the molecule is COC[C@H]1C(=O)NC(=O)N1NC(=O)[C@H](CC(C)C)[C@H](CCCc1ccccc1)C(=O)NOC1CCCCO1. The van der Waals surface area contributed by atoms with E-state index in [9.17, 15) is 19.2 Å². The Kier molecular flexibility index (Phi) is 11.5. The van der Waals surface area contributed by atoms with Crippen molar-refractivity contribution in [1.29, 1.82) is 0 Å². The molecule has 0 aromatic heterocycles. The Morgan fingerprint density at radius 1 is 1.13 bits per heavy atom. The molecule has 0 bridgehead atoms. The van der Waals surface area contributed by atoms with Crippen LogP contribution < -0.4 is 16.2 Å². The molecule has 38 heavy (non-hydrogen) atoms. The lowest BCUT2D eigenvalue weighted by Gasteiger charge is -2.30. The predicted molar refractivity (Wildman–Crippen MR) is 138 cm³/mol. The molecule has 2 fully saturated rings. The van der Waals surface area contributed by atoms with Crippen LogP contribution in [0.5, 0.6) is 0 Å². The van der Waals surface area contributed by atoms with Gasteiger partial charge in [-0.1, -0.05) is 44.2 Å². The number of carbonyl (C=O) groups excluding carboxylic acids is 4. The first-order chi connectivity index (χ1) is 18.3. The van der Waals surface area contributed by atoms with Gasteiger partial charge in [-0.05, 0) is 50.0 Å². The second-order valence-corrected chi connectivity index (χ2v) is 10.2. The van der Waals surface area contributed by atoms with E-state index in [-0.39, 0.29) is 12.5 Å². The number of nitrogens with one attached hydrogen (secondary N) is 3. The number of ether oxygens (including phenoxy) is 2. The summed E-state index contributed by atoms with van der Waals surface area (Å²) in [4.78, 5) is 57.1. The Hall–Kier alpha value is -3.02. The van der Waals surface area contributed by atoms with Crippen molar-refractivity contribution in [3.8, 4) is 0 Å². The third kappa shape index (κ3) is 8.50. The van der Waals surface area contributed by atoms with Crippen LogP contribution in [0.25, 0.3) is 0 Å². The molecule has 5 amide bonds. The fourth-order valence-electron chi connectivity index (χ4n) is 4.80. The number of imide groups is 1. The third-order valence-electron chi connectivity index (χ3n) is 6.76. The van der Waals surface area contributed by atoms with E-state index in [1.165, 1.54) is 7.11 Å². The zero-order valence-electron chi connectivity index (χ0n) is 22.4. The number of amides is 5. The first kappa shape index (κ1) is 29.5. The van der Waals surface area contributed by atoms with Crippen molar-refractivity contribution in [2.45, 2.75) is 71.1 Å². The van der Waals surface area contributed by atoms with E-state index in [1.807, 2.05) is 44.2 Å². The van der Waals surface area contributed by atoms with Crippen molar-refractivity contribution in [3.63, 3.8) is 0 Å². The van der Waals surface area contributed by atoms with Gasteiger partial charge in [-0.3, -0.25) is 25.1 Å². The number of rotatable bonds is 14. The highest BCUT2D eigenvalue weighted by Crippen LogP contribution is 2.27. The van der Waals surface area contributed by atoms with E-state index in [1.54, 1.807) is 0 Å². The van der Waals surface area contributed by atoms with Crippen molar-refractivity contribution in [2.24, 2.45) is 17.8 Å². The second kappa shape index (κ2) is 14.8. The smallest absolute Gasteiger partial charge is 0.343 e. The van der Waals surface area contributed by atoms with Crippen LogP contribution in [0, 0.1) is 17.8 Å². The van der Waals surface area contributed by atoms with Gasteiger partial charge in [0.1, 0.15) is 0 Å². The lowest BCUT2D eigenvalue weighted by molar-refractivity contribution is -0.203. The maximum atomic E-state index is 13.6. The Labute approximate surface area is 223 Å². The van der Waals surface area contributed by atoms with Gasteiger partial charge in [-0.15, -0.1) is 0 Å². The number of methoxy groups -OCH3 is 1. The maximum absolute atomic E-state index is 13.6. The molecule has 0 spiro atoms. The standard InChI is InChI=1S/C27H40N4O7/c1-18(2)16-21(24(32)29-31-22(17-36-3)26(34)28-27(31)35)20(13-9-12-19-10-5-4-6-11-19)25(33)30-38-23-14-7-8-15-37-23/h4-6,10-11,18,20-23H,7-9,12-17H2,1-3H3,(H,29,32)(H,30,33)(H,28,34,35)/t20-,21+,22-,23?/m0/s1. The number of carbonyl (C=O) groups is 4. The van der Waals surface area contributed by atoms with Gasteiger partial charge < -0.3 is 9.47 Å². The van der Waals surface area contributed by atoms with Gasteiger partial charge in [-0.25, -0.2) is 20.1 Å². The fourth-order valence-corrected chi connectivity index (χ4v) is 4.80. The Bertz CT molecular complexity index is 937. The minimum Gasteiger partial charge on any atom is -0.382 e. The molecule has 2 heterocycles. The summed E-state index contributed by atoms with van der Waals surface area (Å²) in [6.07, 6.45) is 4.27. The summed E-state index contributed by atoms with van der Waals surface area (Å²) in [6, 6.07) is 8.19. The lowest BCUT2D eigenvalue weighted by Crippen LogP contribution is -2.54. The number of urea groups is 1. The predicted octanol–water partition coefficient (Wildman–Crippen LogP) is 2.46. The molecule has 210 valence electrons. The highest BCUT2D eigenvalue weighted by molar-refractivity contribution is 6.05. The van der Waals surface area contributed by atoms with Crippen LogP contribution in [0.1, 0.15) is 57.9 Å². The zero-order chi connectivity index (χ0) is 27.5. The van der Waals surface area contributed by atoms with Crippen LogP contribution in [0.4, 0.5) is 4.79 Å². The minimum atomic E-state index is -0.992. The zero-order valence-corrected chi connectivity index (χ0v) is 22.4. The van der Waals surface area contributed by atoms with Crippen molar-refractivity contribution in [1.82, 2.24) is 21.2 Å². The summed E-state index contributed by atoms with van der Waals surface area (Å²) >= 11 is 0. The topological polar surface area (TPSA) is 135 Å².